The van der Waals surface area contributed by atoms with Crippen molar-refractivity contribution in [3.63, 3.8) is 0 Å². The van der Waals surface area contributed by atoms with E-state index in [1.54, 1.807) is 0 Å². The van der Waals surface area contributed by atoms with Crippen LogP contribution in [0.1, 0.15) is 106 Å². The molecule has 2 N–H and O–H groups in total. The molecule has 0 amide bonds. The van der Waals surface area contributed by atoms with Crippen LogP contribution in [-0.2, 0) is 9.59 Å². The van der Waals surface area contributed by atoms with E-state index in [-0.39, 0.29) is 50.8 Å². The number of carbonyl (C=O) groups is 2. The van der Waals surface area contributed by atoms with E-state index in [1.165, 1.54) is 5.57 Å². The highest BCUT2D eigenvalue weighted by atomic mass is 16.4. The molecule has 0 aromatic carbocycles. The van der Waals surface area contributed by atoms with Crippen LogP contribution in [0.3, 0.4) is 0 Å². The predicted molar refractivity (Wildman–Crippen MR) is 133 cm³/mol. The fourth-order valence-electron chi connectivity index (χ4n) is 10.4. The van der Waals surface area contributed by atoms with Crippen molar-refractivity contribution in [1.82, 2.24) is 0 Å². The van der Waals surface area contributed by atoms with Gasteiger partial charge in [-0.1, -0.05) is 47.1 Å². The molecule has 4 nitrogen and oxygen atoms in total. The molecule has 0 radical (unpaired) electrons. The molecule has 0 spiro atoms. The van der Waals surface area contributed by atoms with Gasteiger partial charge in [0.05, 0.1) is 11.5 Å². The van der Waals surface area contributed by atoms with Crippen LogP contribution in [0, 0.1) is 50.2 Å². The average molecular weight is 471 g/mol. The van der Waals surface area contributed by atoms with Crippen LogP contribution < -0.4 is 0 Å². The Kier molecular flexibility index (Phi) is 5.04. The minimum atomic E-state index is -0.711. The number of carboxylic acids is 1. The highest BCUT2D eigenvalue weighted by molar-refractivity contribution is 5.95. The van der Waals surface area contributed by atoms with Gasteiger partial charge in [0, 0.05) is 5.92 Å². The van der Waals surface area contributed by atoms with Crippen LogP contribution in [0.25, 0.3) is 0 Å². The van der Waals surface area contributed by atoms with Crippen molar-refractivity contribution in [1.29, 1.82) is 0 Å². The van der Waals surface area contributed by atoms with Gasteiger partial charge in [-0.3, -0.25) is 9.59 Å². The Labute approximate surface area is 206 Å². The van der Waals surface area contributed by atoms with E-state index in [9.17, 15) is 19.8 Å². The molecular formula is C30H46O4. The highest BCUT2D eigenvalue weighted by Gasteiger charge is 2.70. The van der Waals surface area contributed by atoms with Gasteiger partial charge in [0.1, 0.15) is 0 Å². The SMILES string of the molecule is CC1(C)C2CC[C@]3(C)C(C(=O)C=C4[C@H]5C[C@](C)(C(=O)O)CC[C@]5(C)CC[C@]43C)[C@@]2(C)CC[C@@H]1O. The van der Waals surface area contributed by atoms with Crippen molar-refractivity contribution in [3.8, 4) is 0 Å². The molecule has 9 atom stereocenters. The largest absolute Gasteiger partial charge is 0.481 e. The first kappa shape index (κ1) is 24.5. The number of ketones is 1. The third-order valence-corrected chi connectivity index (χ3v) is 13.1. The molecular weight excluding hydrogens is 424 g/mol. The van der Waals surface area contributed by atoms with Gasteiger partial charge >= 0.3 is 5.97 Å². The molecule has 0 saturated heterocycles. The number of rotatable bonds is 1. The topological polar surface area (TPSA) is 74.6 Å². The van der Waals surface area contributed by atoms with E-state index in [4.69, 9.17) is 0 Å². The monoisotopic (exact) mass is 470 g/mol. The number of aliphatic hydroxyl groups is 1. The standard InChI is InChI=1S/C30H46O4/c1-25(2)21-8-11-30(7)23(28(21,5)10-9-22(25)32)20(31)16-18-19-17-27(4,24(33)34)13-12-26(19,3)14-15-29(18,30)6/h16,19,21-23,32H,8-15,17H2,1-7H3,(H,33,34)/t19-,21?,22+,23?,26-,27-,28+,29-,30-/m1/s1. The molecule has 0 aromatic rings. The first-order valence-electron chi connectivity index (χ1n) is 13.7. The molecule has 5 aliphatic carbocycles. The number of fused-ring (bicyclic) bond motifs is 7. The zero-order valence-electron chi connectivity index (χ0n) is 22.5. The number of hydrogen-bond donors (Lipinski definition) is 2. The van der Waals surface area contributed by atoms with Gasteiger partial charge in [0.2, 0.25) is 0 Å². The lowest BCUT2D eigenvalue weighted by Gasteiger charge is -2.70. The fourth-order valence-corrected chi connectivity index (χ4v) is 10.4. The number of carbonyl (C=O) groups excluding carboxylic acids is 1. The molecule has 0 heterocycles. The second-order valence-corrected chi connectivity index (χ2v) is 14.9. The van der Waals surface area contributed by atoms with Crippen molar-refractivity contribution in [3.05, 3.63) is 11.6 Å². The number of aliphatic carboxylic acids is 1. The van der Waals surface area contributed by atoms with E-state index in [2.05, 4.69) is 41.5 Å². The summed E-state index contributed by atoms with van der Waals surface area (Å²) >= 11 is 0. The maximum atomic E-state index is 14.2. The van der Waals surface area contributed by atoms with Gasteiger partial charge in [-0.05, 0) is 110 Å². The summed E-state index contributed by atoms with van der Waals surface area (Å²) in [4.78, 5) is 26.4. The molecule has 2 unspecified atom stereocenters. The molecule has 0 aromatic heterocycles. The first-order chi connectivity index (χ1) is 15.6. The molecule has 4 heteroatoms. The minimum Gasteiger partial charge on any atom is -0.481 e. The van der Waals surface area contributed by atoms with Gasteiger partial charge in [0.15, 0.2) is 5.78 Å². The molecule has 0 bridgehead atoms. The lowest BCUT2D eigenvalue weighted by molar-refractivity contribution is -0.202. The second-order valence-electron chi connectivity index (χ2n) is 14.9. The van der Waals surface area contributed by atoms with E-state index >= 15 is 0 Å². The minimum absolute atomic E-state index is 0.0296. The van der Waals surface area contributed by atoms with Crippen molar-refractivity contribution < 1.29 is 19.8 Å². The lowest BCUT2D eigenvalue weighted by atomic mass is 9.33. The van der Waals surface area contributed by atoms with Gasteiger partial charge in [-0.25, -0.2) is 0 Å². The smallest absolute Gasteiger partial charge is 0.309 e. The van der Waals surface area contributed by atoms with Crippen molar-refractivity contribution in [2.45, 2.75) is 112 Å². The molecule has 34 heavy (non-hydrogen) atoms. The molecule has 4 saturated carbocycles. The maximum absolute atomic E-state index is 14.2. The summed E-state index contributed by atoms with van der Waals surface area (Å²) in [6.07, 6.45) is 9.95. The molecule has 5 rings (SSSR count). The lowest BCUT2D eigenvalue weighted by Crippen LogP contribution is -2.66. The maximum Gasteiger partial charge on any atom is 0.309 e. The summed E-state index contributed by atoms with van der Waals surface area (Å²) in [7, 11) is 0. The van der Waals surface area contributed by atoms with Crippen molar-refractivity contribution in [2.75, 3.05) is 0 Å². The Morgan fingerprint density at radius 1 is 0.912 bits per heavy atom. The summed E-state index contributed by atoms with van der Waals surface area (Å²) in [5, 5.41) is 20.9. The quantitative estimate of drug-likeness (QED) is 0.464. The summed E-state index contributed by atoms with van der Waals surface area (Å²) in [6.45, 7) is 15.8. The van der Waals surface area contributed by atoms with Crippen LogP contribution >= 0.6 is 0 Å². The number of allylic oxidation sites excluding steroid dienone is 2. The van der Waals surface area contributed by atoms with E-state index < -0.39 is 11.4 Å². The molecule has 0 aliphatic heterocycles. The summed E-state index contributed by atoms with van der Waals surface area (Å²) in [5.74, 6) is 0.0603. The van der Waals surface area contributed by atoms with Gasteiger partial charge in [0.25, 0.3) is 0 Å². The first-order valence-corrected chi connectivity index (χ1v) is 13.7. The van der Waals surface area contributed by atoms with Crippen LogP contribution in [-0.4, -0.2) is 28.1 Å². The number of hydrogen-bond acceptors (Lipinski definition) is 3. The Morgan fingerprint density at radius 2 is 1.56 bits per heavy atom. The fraction of sp³-hybridized carbons (Fsp3) is 0.867. The van der Waals surface area contributed by atoms with Gasteiger partial charge in [-0.15, -0.1) is 0 Å². The van der Waals surface area contributed by atoms with Crippen LogP contribution in [0.4, 0.5) is 0 Å². The van der Waals surface area contributed by atoms with Gasteiger partial charge in [-0.2, -0.15) is 0 Å². The predicted octanol–water partition coefficient (Wildman–Crippen LogP) is 6.41. The third-order valence-electron chi connectivity index (χ3n) is 13.1. The summed E-state index contributed by atoms with van der Waals surface area (Å²) < 4.78 is 0. The molecule has 190 valence electrons. The Morgan fingerprint density at radius 3 is 2.21 bits per heavy atom. The Balaban J connectivity index is 1.62. The normalized spacial score (nSPS) is 54.1. The van der Waals surface area contributed by atoms with Crippen LogP contribution in [0.5, 0.6) is 0 Å². The van der Waals surface area contributed by atoms with E-state index in [0.29, 0.717) is 12.3 Å². The van der Waals surface area contributed by atoms with Crippen molar-refractivity contribution in [2.24, 2.45) is 50.2 Å². The Hall–Kier alpha value is -1.16. The third kappa shape index (κ3) is 2.81. The summed E-state index contributed by atoms with van der Waals surface area (Å²) in [6, 6.07) is 0. The van der Waals surface area contributed by atoms with Crippen LogP contribution in [0.2, 0.25) is 0 Å². The summed E-state index contributed by atoms with van der Waals surface area (Å²) in [5.41, 5.74) is 0.142. The molecule has 5 aliphatic rings. The van der Waals surface area contributed by atoms with E-state index in [0.717, 1.165) is 51.4 Å². The van der Waals surface area contributed by atoms with E-state index in [1.807, 2.05) is 13.0 Å². The zero-order valence-corrected chi connectivity index (χ0v) is 22.5. The Bertz CT molecular complexity index is 965. The van der Waals surface area contributed by atoms with Crippen LogP contribution in [0.15, 0.2) is 11.6 Å². The highest BCUT2D eigenvalue weighted by Crippen LogP contribution is 2.75. The number of carboxylic acid groups (broad SMARTS) is 1. The average Bonchev–Trinajstić information content (AvgIpc) is 2.73. The number of aliphatic hydroxyl groups excluding tert-OH is 1. The zero-order chi connectivity index (χ0) is 25.1. The van der Waals surface area contributed by atoms with Crippen molar-refractivity contribution >= 4 is 11.8 Å². The second kappa shape index (κ2) is 6.99. The van der Waals surface area contributed by atoms with Gasteiger partial charge < -0.3 is 10.2 Å². The molecule has 4 fully saturated rings.